The summed E-state index contributed by atoms with van der Waals surface area (Å²) in [5, 5.41) is 2.81. The smallest absolute Gasteiger partial charge is 0.322 e. The number of nitrogens with zero attached hydrogens (tertiary/aromatic N) is 3. The molecular formula is C29H24N4O4. The van der Waals surface area contributed by atoms with Crippen LogP contribution in [0.25, 0.3) is 0 Å². The lowest BCUT2D eigenvalue weighted by molar-refractivity contribution is 0.0656. The number of benzene rings is 3. The molecule has 3 amide bonds. The standard InChI is InChI=1S/C29H24N4O4/c1-18-15-19(2)31-29(30-18)37-23-10-6-9-22(17-23)32-26(34)21-11-12-24-25(16-21)28(36)33(27(24)35)14-13-20-7-4-3-5-8-20/h3-12,15-17H,13-14H2,1-2H3,(H,32,34). The zero-order valence-electron chi connectivity index (χ0n) is 20.4. The highest BCUT2D eigenvalue weighted by atomic mass is 16.5. The summed E-state index contributed by atoms with van der Waals surface area (Å²) < 4.78 is 5.76. The zero-order chi connectivity index (χ0) is 25.9. The van der Waals surface area contributed by atoms with E-state index in [2.05, 4.69) is 15.3 Å². The zero-order valence-corrected chi connectivity index (χ0v) is 20.4. The van der Waals surface area contributed by atoms with Gasteiger partial charge >= 0.3 is 6.01 Å². The van der Waals surface area contributed by atoms with E-state index in [0.717, 1.165) is 17.0 Å². The van der Waals surface area contributed by atoms with Crippen molar-refractivity contribution in [2.75, 3.05) is 11.9 Å². The average molecular weight is 493 g/mol. The lowest BCUT2D eigenvalue weighted by Gasteiger charge is -2.13. The molecule has 184 valence electrons. The number of hydrogen-bond acceptors (Lipinski definition) is 6. The van der Waals surface area contributed by atoms with Gasteiger partial charge in [-0.25, -0.2) is 9.97 Å². The van der Waals surface area contributed by atoms with Crippen molar-refractivity contribution in [2.45, 2.75) is 20.3 Å². The molecule has 0 saturated carbocycles. The van der Waals surface area contributed by atoms with Crippen LogP contribution in [-0.4, -0.2) is 39.1 Å². The van der Waals surface area contributed by atoms with Crippen LogP contribution in [0.3, 0.4) is 0 Å². The van der Waals surface area contributed by atoms with Gasteiger partial charge in [-0.15, -0.1) is 0 Å². The Morgan fingerprint density at radius 1 is 0.838 bits per heavy atom. The van der Waals surface area contributed by atoms with Crippen LogP contribution in [0.15, 0.2) is 78.9 Å². The highest BCUT2D eigenvalue weighted by Crippen LogP contribution is 2.26. The molecule has 0 aliphatic carbocycles. The average Bonchev–Trinajstić information content (AvgIpc) is 3.11. The molecule has 0 fully saturated rings. The number of fused-ring (bicyclic) bond motifs is 1. The van der Waals surface area contributed by atoms with Crippen LogP contribution >= 0.6 is 0 Å². The van der Waals surface area contributed by atoms with E-state index in [1.807, 2.05) is 50.2 Å². The molecule has 1 aromatic heterocycles. The summed E-state index contributed by atoms with van der Waals surface area (Å²) in [4.78, 5) is 48.5. The molecule has 0 bridgehead atoms. The van der Waals surface area contributed by atoms with Gasteiger partial charge in [0.2, 0.25) is 0 Å². The molecule has 0 saturated heterocycles. The number of carbonyl (C=O) groups is 3. The maximum Gasteiger partial charge on any atom is 0.322 e. The summed E-state index contributed by atoms with van der Waals surface area (Å²) in [6, 6.07) is 23.1. The number of rotatable bonds is 7. The molecule has 0 unspecified atom stereocenters. The van der Waals surface area contributed by atoms with Crippen LogP contribution < -0.4 is 10.1 Å². The first-order valence-corrected chi connectivity index (χ1v) is 11.8. The lowest BCUT2D eigenvalue weighted by atomic mass is 10.1. The van der Waals surface area contributed by atoms with Gasteiger partial charge in [-0.05, 0) is 62.2 Å². The number of nitrogens with one attached hydrogen (secondary N) is 1. The molecule has 0 radical (unpaired) electrons. The number of anilines is 1. The molecule has 1 N–H and O–H groups in total. The minimum absolute atomic E-state index is 0.222. The Kier molecular flexibility index (Phi) is 6.47. The van der Waals surface area contributed by atoms with Crippen LogP contribution in [0.1, 0.15) is 48.0 Å². The van der Waals surface area contributed by atoms with E-state index in [9.17, 15) is 14.4 Å². The third kappa shape index (κ3) is 5.23. The fourth-order valence-electron chi connectivity index (χ4n) is 4.21. The number of aryl methyl sites for hydroxylation is 2. The molecule has 0 spiro atoms. The van der Waals surface area contributed by atoms with Gasteiger partial charge in [-0.3, -0.25) is 19.3 Å². The second-order valence-electron chi connectivity index (χ2n) is 8.78. The Bertz CT molecular complexity index is 1500. The lowest BCUT2D eigenvalue weighted by Crippen LogP contribution is -2.31. The second kappa shape index (κ2) is 10.0. The van der Waals surface area contributed by atoms with Crippen LogP contribution in [0.2, 0.25) is 0 Å². The van der Waals surface area contributed by atoms with Crippen molar-refractivity contribution in [3.63, 3.8) is 0 Å². The number of amides is 3. The van der Waals surface area contributed by atoms with E-state index >= 15 is 0 Å². The molecule has 4 aromatic rings. The summed E-state index contributed by atoms with van der Waals surface area (Å²) in [6.07, 6.45) is 0.561. The number of aromatic nitrogens is 2. The van der Waals surface area contributed by atoms with Crippen LogP contribution in [0.4, 0.5) is 5.69 Å². The van der Waals surface area contributed by atoms with Crippen molar-refractivity contribution in [3.05, 3.63) is 113 Å². The van der Waals surface area contributed by atoms with E-state index in [4.69, 9.17) is 4.74 Å². The van der Waals surface area contributed by atoms with Gasteiger partial charge in [-0.2, -0.15) is 0 Å². The minimum Gasteiger partial charge on any atom is -0.424 e. The molecule has 1 aliphatic rings. The van der Waals surface area contributed by atoms with E-state index in [1.54, 1.807) is 30.3 Å². The van der Waals surface area contributed by atoms with Crippen molar-refractivity contribution in [2.24, 2.45) is 0 Å². The maximum absolute atomic E-state index is 13.0. The predicted molar refractivity (Wildman–Crippen MR) is 138 cm³/mol. The molecule has 5 rings (SSSR count). The quantitative estimate of drug-likeness (QED) is 0.365. The number of ether oxygens (including phenoxy) is 1. The van der Waals surface area contributed by atoms with Crippen molar-refractivity contribution in [1.29, 1.82) is 0 Å². The molecule has 3 aromatic carbocycles. The van der Waals surface area contributed by atoms with Crippen molar-refractivity contribution in [1.82, 2.24) is 14.9 Å². The number of imide groups is 1. The Morgan fingerprint density at radius 2 is 1.57 bits per heavy atom. The normalized spacial score (nSPS) is 12.4. The summed E-state index contributed by atoms with van der Waals surface area (Å²) in [5.41, 5.74) is 3.92. The van der Waals surface area contributed by atoms with Crippen molar-refractivity contribution in [3.8, 4) is 11.8 Å². The Balaban J connectivity index is 1.28. The highest BCUT2D eigenvalue weighted by Gasteiger charge is 2.35. The first-order chi connectivity index (χ1) is 17.9. The van der Waals surface area contributed by atoms with Gasteiger partial charge in [0.05, 0.1) is 11.1 Å². The van der Waals surface area contributed by atoms with Crippen LogP contribution in [0.5, 0.6) is 11.8 Å². The summed E-state index contributed by atoms with van der Waals surface area (Å²) in [6.45, 7) is 3.99. The van der Waals surface area contributed by atoms with Gasteiger partial charge in [-0.1, -0.05) is 36.4 Å². The number of hydrogen-bond donors (Lipinski definition) is 1. The third-order valence-electron chi connectivity index (χ3n) is 5.96. The molecule has 0 atom stereocenters. The summed E-state index contributed by atoms with van der Waals surface area (Å²) in [5.74, 6) is -0.687. The first kappa shape index (κ1) is 23.9. The van der Waals surface area contributed by atoms with E-state index < -0.39 is 11.8 Å². The fourth-order valence-corrected chi connectivity index (χ4v) is 4.21. The first-order valence-electron chi connectivity index (χ1n) is 11.8. The second-order valence-corrected chi connectivity index (χ2v) is 8.78. The Labute approximate surface area is 213 Å². The maximum atomic E-state index is 13.0. The van der Waals surface area contributed by atoms with Crippen molar-refractivity contribution < 1.29 is 19.1 Å². The molecule has 37 heavy (non-hydrogen) atoms. The molecular weight excluding hydrogens is 468 g/mol. The SMILES string of the molecule is Cc1cc(C)nc(Oc2cccc(NC(=O)c3ccc4c(c3)C(=O)N(CCc3ccccc3)C4=O)c2)n1. The van der Waals surface area contributed by atoms with E-state index in [1.165, 1.54) is 17.0 Å². The van der Waals surface area contributed by atoms with Gasteiger partial charge in [0, 0.05) is 35.2 Å². The van der Waals surface area contributed by atoms with Crippen molar-refractivity contribution >= 4 is 23.4 Å². The third-order valence-corrected chi connectivity index (χ3v) is 5.96. The Morgan fingerprint density at radius 3 is 2.32 bits per heavy atom. The number of carbonyl (C=O) groups excluding carboxylic acids is 3. The van der Waals surface area contributed by atoms with Gasteiger partial charge in [0.15, 0.2) is 0 Å². The molecule has 8 nitrogen and oxygen atoms in total. The fraction of sp³-hybridized carbons (Fsp3) is 0.138. The highest BCUT2D eigenvalue weighted by molar-refractivity contribution is 6.22. The predicted octanol–water partition coefficient (Wildman–Crippen LogP) is 4.98. The van der Waals surface area contributed by atoms with Crippen LogP contribution in [0, 0.1) is 13.8 Å². The topological polar surface area (TPSA) is 101 Å². The monoisotopic (exact) mass is 492 g/mol. The molecule has 1 aliphatic heterocycles. The summed E-state index contributed by atoms with van der Waals surface area (Å²) >= 11 is 0. The van der Waals surface area contributed by atoms with E-state index in [0.29, 0.717) is 23.4 Å². The van der Waals surface area contributed by atoms with Gasteiger partial charge in [0.1, 0.15) is 5.75 Å². The largest absolute Gasteiger partial charge is 0.424 e. The molecule has 8 heteroatoms. The Hall–Kier alpha value is -4.85. The van der Waals surface area contributed by atoms with E-state index in [-0.39, 0.29) is 29.6 Å². The van der Waals surface area contributed by atoms with Crippen LogP contribution in [-0.2, 0) is 6.42 Å². The minimum atomic E-state index is -0.411. The summed E-state index contributed by atoms with van der Waals surface area (Å²) in [7, 11) is 0. The van der Waals surface area contributed by atoms with Gasteiger partial charge in [0.25, 0.3) is 17.7 Å². The molecule has 2 heterocycles. The van der Waals surface area contributed by atoms with Gasteiger partial charge < -0.3 is 10.1 Å².